The maximum absolute atomic E-state index is 11.1. The smallest absolute Gasteiger partial charge is 0.397 e. The molecule has 0 heterocycles. The Morgan fingerprint density at radius 2 is 1.94 bits per heavy atom. The van der Waals surface area contributed by atoms with Crippen LogP contribution < -0.4 is 5.32 Å². The standard InChI is InChI=1S/C9H15NO7S/c1-7(2)9(12)16-5-3-8(11)10-4-6-17-18(13,14)15/h1,3-6H2,2H3,(H,10,11)(H,13,14,15). The third-order valence-electron chi connectivity index (χ3n) is 1.57. The minimum atomic E-state index is -4.49. The molecule has 104 valence electrons. The Bertz CT molecular complexity index is 415. The molecule has 0 rings (SSSR count). The van der Waals surface area contributed by atoms with E-state index in [0.29, 0.717) is 0 Å². The summed E-state index contributed by atoms with van der Waals surface area (Å²) < 4.78 is 37.1. The minimum absolute atomic E-state index is 0.0646. The average Bonchev–Trinajstić information content (AvgIpc) is 2.22. The minimum Gasteiger partial charge on any atom is -0.462 e. The first-order valence-corrected chi connectivity index (χ1v) is 6.30. The van der Waals surface area contributed by atoms with Crippen molar-refractivity contribution in [1.29, 1.82) is 0 Å². The summed E-state index contributed by atoms with van der Waals surface area (Å²) in [6, 6.07) is 0. The van der Waals surface area contributed by atoms with Gasteiger partial charge in [0.05, 0.1) is 13.0 Å². The van der Waals surface area contributed by atoms with Crippen LogP contribution in [0.25, 0.3) is 0 Å². The van der Waals surface area contributed by atoms with Crippen LogP contribution in [-0.4, -0.2) is 44.6 Å². The number of esters is 1. The highest BCUT2D eigenvalue weighted by Gasteiger charge is 2.07. The molecule has 8 nitrogen and oxygen atoms in total. The Kier molecular flexibility index (Phi) is 7.17. The van der Waals surface area contributed by atoms with Gasteiger partial charge in [0.2, 0.25) is 5.91 Å². The van der Waals surface area contributed by atoms with Gasteiger partial charge in [-0.05, 0) is 6.92 Å². The number of nitrogens with one attached hydrogen (secondary N) is 1. The van der Waals surface area contributed by atoms with Crippen molar-refractivity contribution in [2.75, 3.05) is 19.8 Å². The molecule has 0 saturated heterocycles. The summed E-state index contributed by atoms with van der Waals surface area (Å²) in [4.78, 5) is 22.1. The van der Waals surface area contributed by atoms with Crippen molar-refractivity contribution >= 4 is 22.3 Å². The number of carbonyl (C=O) groups excluding carboxylic acids is 2. The first-order valence-electron chi connectivity index (χ1n) is 4.93. The molecule has 0 aliphatic carbocycles. The van der Waals surface area contributed by atoms with Gasteiger partial charge in [-0.15, -0.1) is 0 Å². The molecule has 0 aliphatic rings. The quantitative estimate of drug-likeness (QED) is 0.264. The van der Waals surface area contributed by atoms with E-state index in [2.05, 4.69) is 20.8 Å². The summed E-state index contributed by atoms with van der Waals surface area (Å²) in [5.41, 5.74) is 0.233. The van der Waals surface area contributed by atoms with Gasteiger partial charge in [-0.1, -0.05) is 6.58 Å². The third kappa shape index (κ3) is 9.75. The highest BCUT2D eigenvalue weighted by atomic mass is 32.3. The molecule has 9 heteroatoms. The number of rotatable bonds is 8. The Labute approximate surface area is 105 Å². The zero-order valence-corrected chi connectivity index (χ0v) is 10.7. The molecule has 0 aromatic rings. The van der Waals surface area contributed by atoms with E-state index < -0.39 is 22.3 Å². The topological polar surface area (TPSA) is 119 Å². The molecule has 2 N–H and O–H groups in total. The van der Waals surface area contributed by atoms with Gasteiger partial charge < -0.3 is 10.1 Å². The monoisotopic (exact) mass is 281 g/mol. The molecule has 0 radical (unpaired) electrons. The van der Waals surface area contributed by atoms with Crippen LogP contribution in [0.5, 0.6) is 0 Å². The fourth-order valence-corrected chi connectivity index (χ4v) is 1.08. The summed E-state index contributed by atoms with van der Waals surface area (Å²) in [5, 5.41) is 2.30. The number of hydrogen-bond donors (Lipinski definition) is 2. The van der Waals surface area contributed by atoms with Crippen LogP contribution in [-0.2, 0) is 28.9 Å². The number of hydrogen-bond acceptors (Lipinski definition) is 6. The molecule has 0 fully saturated rings. The van der Waals surface area contributed by atoms with E-state index in [0.717, 1.165) is 0 Å². The van der Waals surface area contributed by atoms with Crippen LogP contribution in [0.4, 0.5) is 0 Å². The molecule has 1 amide bonds. The molecule has 0 aromatic heterocycles. The Balaban J connectivity index is 3.61. The highest BCUT2D eigenvalue weighted by Crippen LogP contribution is 1.93. The van der Waals surface area contributed by atoms with Gasteiger partial charge in [0.25, 0.3) is 0 Å². The number of amides is 1. The van der Waals surface area contributed by atoms with Crippen LogP contribution in [0.2, 0.25) is 0 Å². The zero-order chi connectivity index (χ0) is 14.2. The van der Waals surface area contributed by atoms with Crippen LogP contribution in [0.15, 0.2) is 12.2 Å². The van der Waals surface area contributed by atoms with E-state index >= 15 is 0 Å². The van der Waals surface area contributed by atoms with Crippen molar-refractivity contribution in [2.45, 2.75) is 13.3 Å². The van der Waals surface area contributed by atoms with Crippen LogP contribution in [0, 0.1) is 0 Å². The van der Waals surface area contributed by atoms with Crippen molar-refractivity contribution in [3.63, 3.8) is 0 Å². The molecule has 0 saturated carbocycles. The predicted octanol–water partition coefficient (Wildman–Crippen LogP) is -0.569. The fraction of sp³-hybridized carbons (Fsp3) is 0.556. The lowest BCUT2D eigenvalue weighted by molar-refractivity contribution is -0.139. The Morgan fingerprint density at radius 3 is 2.44 bits per heavy atom. The van der Waals surface area contributed by atoms with E-state index in [1.165, 1.54) is 6.92 Å². The fourth-order valence-electron chi connectivity index (χ4n) is 0.785. The summed E-state index contributed by atoms with van der Waals surface area (Å²) in [5.74, 6) is -1.03. The molecule has 18 heavy (non-hydrogen) atoms. The summed E-state index contributed by atoms with van der Waals surface area (Å²) in [7, 11) is -4.49. The van der Waals surface area contributed by atoms with Crippen LogP contribution >= 0.6 is 0 Å². The third-order valence-corrected chi connectivity index (χ3v) is 2.03. The van der Waals surface area contributed by atoms with E-state index in [-0.39, 0.29) is 31.8 Å². The molecule has 0 aliphatic heterocycles. The lowest BCUT2D eigenvalue weighted by Crippen LogP contribution is -2.29. The molecule has 0 unspecified atom stereocenters. The summed E-state index contributed by atoms with van der Waals surface area (Å²) >= 11 is 0. The van der Waals surface area contributed by atoms with Gasteiger partial charge in [-0.2, -0.15) is 8.42 Å². The van der Waals surface area contributed by atoms with E-state index in [1.807, 2.05) is 0 Å². The van der Waals surface area contributed by atoms with Gasteiger partial charge in [0.1, 0.15) is 6.61 Å². The van der Waals surface area contributed by atoms with Gasteiger partial charge >= 0.3 is 16.4 Å². The molecule has 0 bridgehead atoms. The van der Waals surface area contributed by atoms with E-state index in [4.69, 9.17) is 4.55 Å². The van der Waals surface area contributed by atoms with E-state index in [1.54, 1.807) is 0 Å². The van der Waals surface area contributed by atoms with Gasteiger partial charge in [-0.3, -0.25) is 9.35 Å². The number of carbonyl (C=O) groups is 2. The van der Waals surface area contributed by atoms with Crippen LogP contribution in [0.1, 0.15) is 13.3 Å². The van der Waals surface area contributed by atoms with E-state index in [9.17, 15) is 18.0 Å². The predicted molar refractivity (Wildman–Crippen MR) is 60.9 cm³/mol. The lowest BCUT2D eigenvalue weighted by Gasteiger charge is -2.05. The first kappa shape index (κ1) is 16.6. The van der Waals surface area contributed by atoms with Crippen molar-refractivity contribution in [3.8, 4) is 0 Å². The molecule has 0 atom stereocenters. The second kappa shape index (κ2) is 7.80. The normalized spacial score (nSPS) is 10.8. The lowest BCUT2D eigenvalue weighted by atomic mass is 10.3. The van der Waals surface area contributed by atoms with Crippen molar-refractivity contribution < 1.29 is 31.5 Å². The molecule has 0 spiro atoms. The summed E-state index contributed by atoms with van der Waals surface area (Å²) in [6.45, 7) is 4.28. The largest absolute Gasteiger partial charge is 0.462 e. The maximum atomic E-state index is 11.1. The maximum Gasteiger partial charge on any atom is 0.397 e. The van der Waals surface area contributed by atoms with Crippen molar-refractivity contribution in [3.05, 3.63) is 12.2 Å². The summed E-state index contributed by atoms with van der Waals surface area (Å²) in [6.07, 6.45) is -0.0646. The zero-order valence-electron chi connectivity index (χ0n) is 9.84. The highest BCUT2D eigenvalue weighted by molar-refractivity contribution is 7.80. The molecule has 0 aromatic carbocycles. The van der Waals surface area contributed by atoms with Crippen LogP contribution in [0.3, 0.4) is 0 Å². The van der Waals surface area contributed by atoms with Gasteiger partial charge in [0, 0.05) is 12.1 Å². The molecular formula is C9H15NO7S. The molecular weight excluding hydrogens is 266 g/mol. The Hall–Kier alpha value is -1.45. The second-order valence-corrected chi connectivity index (χ2v) is 4.36. The second-order valence-electron chi connectivity index (χ2n) is 3.27. The van der Waals surface area contributed by atoms with Crippen molar-refractivity contribution in [2.24, 2.45) is 0 Å². The number of ether oxygens (including phenoxy) is 1. The first-order chi connectivity index (χ1) is 8.22. The van der Waals surface area contributed by atoms with Gasteiger partial charge in [0.15, 0.2) is 0 Å². The SMILES string of the molecule is C=C(C)C(=O)OCCC(=O)NCCOS(=O)(=O)O. The van der Waals surface area contributed by atoms with Crippen molar-refractivity contribution in [1.82, 2.24) is 5.32 Å². The average molecular weight is 281 g/mol. The Morgan fingerprint density at radius 1 is 1.33 bits per heavy atom. The van der Waals surface area contributed by atoms with Gasteiger partial charge in [-0.25, -0.2) is 8.98 Å².